The van der Waals surface area contributed by atoms with Crippen molar-refractivity contribution in [2.24, 2.45) is 10.9 Å². The smallest absolute Gasteiger partial charge is 0.191 e. The van der Waals surface area contributed by atoms with E-state index < -0.39 is 0 Å². The standard InChI is InChI=1S/C21H37N5OS/c1-4-22-21(24-15-19(17(2)3)26-10-12-27-13-11-26)23-7-9-25-8-5-20-18(16-25)6-14-28-20/h6,14,17,19H,4-5,7-13,15-16H2,1-3H3,(H2,22,23,24). The molecule has 0 spiro atoms. The molecule has 3 rings (SSSR count). The van der Waals surface area contributed by atoms with E-state index in [-0.39, 0.29) is 0 Å². The molecule has 1 aromatic rings. The average Bonchev–Trinajstić information content (AvgIpc) is 3.16. The van der Waals surface area contributed by atoms with Crippen LogP contribution in [-0.4, -0.2) is 80.8 Å². The number of fused-ring (bicyclic) bond motifs is 1. The van der Waals surface area contributed by atoms with Crippen molar-refractivity contribution in [2.45, 2.75) is 39.8 Å². The lowest BCUT2D eigenvalue weighted by Gasteiger charge is -2.36. The minimum atomic E-state index is 0.471. The van der Waals surface area contributed by atoms with Gasteiger partial charge in [0.05, 0.1) is 19.8 Å². The molecule has 1 fully saturated rings. The van der Waals surface area contributed by atoms with Crippen LogP contribution in [0.4, 0.5) is 0 Å². The molecule has 3 heterocycles. The van der Waals surface area contributed by atoms with E-state index in [0.717, 1.165) is 71.5 Å². The second-order valence-electron chi connectivity index (χ2n) is 8.00. The predicted octanol–water partition coefficient (Wildman–Crippen LogP) is 2.02. The minimum Gasteiger partial charge on any atom is -0.379 e. The summed E-state index contributed by atoms with van der Waals surface area (Å²) >= 11 is 1.90. The van der Waals surface area contributed by atoms with Gasteiger partial charge in [0.15, 0.2) is 5.96 Å². The number of nitrogens with zero attached hydrogens (tertiary/aromatic N) is 3. The van der Waals surface area contributed by atoms with Gasteiger partial charge in [0.25, 0.3) is 0 Å². The van der Waals surface area contributed by atoms with E-state index >= 15 is 0 Å². The maximum atomic E-state index is 5.52. The molecule has 158 valence electrons. The number of hydrogen-bond acceptors (Lipinski definition) is 5. The molecule has 0 amide bonds. The van der Waals surface area contributed by atoms with Crippen LogP contribution in [0, 0.1) is 5.92 Å². The van der Waals surface area contributed by atoms with Gasteiger partial charge in [-0.15, -0.1) is 11.3 Å². The molecule has 0 bridgehead atoms. The van der Waals surface area contributed by atoms with E-state index in [2.05, 4.69) is 52.7 Å². The number of hydrogen-bond donors (Lipinski definition) is 2. The van der Waals surface area contributed by atoms with Gasteiger partial charge in [0, 0.05) is 56.7 Å². The Labute approximate surface area is 174 Å². The Hall–Kier alpha value is -1.15. The van der Waals surface area contributed by atoms with Crippen LogP contribution >= 0.6 is 11.3 Å². The van der Waals surface area contributed by atoms with Gasteiger partial charge in [-0.05, 0) is 36.3 Å². The van der Waals surface area contributed by atoms with Crippen molar-refractivity contribution in [2.75, 3.05) is 59.0 Å². The lowest BCUT2D eigenvalue weighted by molar-refractivity contribution is 0.00867. The Bertz CT molecular complexity index is 612. The Kier molecular flexibility index (Phi) is 8.58. The van der Waals surface area contributed by atoms with Crippen molar-refractivity contribution in [3.05, 3.63) is 21.9 Å². The topological polar surface area (TPSA) is 52.1 Å². The summed E-state index contributed by atoms with van der Waals surface area (Å²) in [5.74, 6) is 1.52. The molecular formula is C21H37N5OS. The zero-order chi connectivity index (χ0) is 19.8. The summed E-state index contributed by atoms with van der Waals surface area (Å²) in [4.78, 5) is 11.6. The van der Waals surface area contributed by atoms with Gasteiger partial charge in [-0.25, -0.2) is 0 Å². The summed E-state index contributed by atoms with van der Waals surface area (Å²) < 4.78 is 5.52. The molecule has 0 aromatic carbocycles. The summed E-state index contributed by atoms with van der Waals surface area (Å²) in [5.41, 5.74) is 1.52. The second-order valence-corrected chi connectivity index (χ2v) is 9.00. The van der Waals surface area contributed by atoms with Crippen LogP contribution in [0.5, 0.6) is 0 Å². The Morgan fingerprint density at radius 1 is 1.25 bits per heavy atom. The molecule has 7 heteroatoms. The van der Waals surface area contributed by atoms with Crippen molar-refractivity contribution in [1.29, 1.82) is 0 Å². The van der Waals surface area contributed by atoms with Crippen LogP contribution in [0.15, 0.2) is 16.4 Å². The number of ether oxygens (including phenoxy) is 1. The number of thiophene rings is 1. The highest BCUT2D eigenvalue weighted by molar-refractivity contribution is 7.10. The zero-order valence-corrected chi connectivity index (χ0v) is 18.6. The van der Waals surface area contributed by atoms with E-state index in [1.165, 1.54) is 12.0 Å². The normalized spacial score (nSPS) is 20.2. The fourth-order valence-electron chi connectivity index (χ4n) is 4.01. The quantitative estimate of drug-likeness (QED) is 0.510. The van der Waals surface area contributed by atoms with Crippen LogP contribution in [0.25, 0.3) is 0 Å². The lowest BCUT2D eigenvalue weighted by Crippen LogP contribution is -2.48. The van der Waals surface area contributed by atoms with Gasteiger partial charge in [-0.2, -0.15) is 0 Å². The summed E-state index contributed by atoms with van der Waals surface area (Å²) in [7, 11) is 0. The van der Waals surface area contributed by atoms with Crippen LogP contribution < -0.4 is 10.6 Å². The van der Waals surface area contributed by atoms with Crippen molar-refractivity contribution >= 4 is 17.3 Å². The third-order valence-corrected chi connectivity index (χ3v) is 6.70. The van der Waals surface area contributed by atoms with Gasteiger partial charge in [-0.3, -0.25) is 14.8 Å². The highest BCUT2D eigenvalue weighted by atomic mass is 32.1. The molecule has 0 radical (unpaired) electrons. The number of aliphatic imine (C=N–C) groups is 1. The molecule has 1 aromatic heterocycles. The summed E-state index contributed by atoms with van der Waals surface area (Å²) in [6.45, 7) is 16.4. The van der Waals surface area contributed by atoms with Gasteiger partial charge >= 0.3 is 0 Å². The first-order valence-electron chi connectivity index (χ1n) is 10.8. The zero-order valence-electron chi connectivity index (χ0n) is 17.7. The SMILES string of the molecule is CCNC(=NCC(C(C)C)N1CCOCC1)NCCN1CCc2sccc2C1. The molecule has 2 N–H and O–H groups in total. The maximum Gasteiger partial charge on any atom is 0.191 e. The summed E-state index contributed by atoms with van der Waals surface area (Å²) in [6, 6.07) is 2.75. The molecule has 0 aliphatic carbocycles. The number of morpholine rings is 1. The number of guanidine groups is 1. The molecule has 1 unspecified atom stereocenters. The Balaban J connectivity index is 1.47. The molecule has 2 aliphatic rings. The highest BCUT2D eigenvalue weighted by Crippen LogP contribution is 2.23. The van der Waals surface area contributed by atoms with Crippen molar-refractivity contribution in [3.63, 3.8) is 0 Å². The molecule has 1 saturated heterocycles. The predicted molar refractivity (Wildman–Crippen MR) is 118 cm³/mol. The third kappa shape index (κ3) is 6.17. The Morgan fingerprint density at radius 3 is 2.82 bits per heavy atom. The number of rotatable bonds is 8. The molecule has 28 heavy (non-hydrogen) atoms. The lowest BCUT2D eigenvalue weighted by atomic mass is 10.0. The van der Waals surface area contributed by atoms with Crippen LogP contribution in [0.2, 0.25) is 0 Å². The third-order valence-electron chi connectivity index (χ3n) is 5.67. The number of nitrogens with one attached hydrogen (secondary N) is 2. The van der Waals surface area contributed by atoms with E-state index in [0.29, 0.717) is 12.0 Å². The Morgan fingerprint density at radius 2 is 2.07 bits per heavy atom. The van der Waals surface area contributed by atoms with Gasteiger partial charge in [-0.1, -0.05) is 13.8 Å². The monoisotopic (exact) mass is 407 g/mol. The molecular weight excluding hydrogens is 370 g/mol. The molecule has 1 atom stereocenters. The fraction of sp³-hybridized carbons (Fsp3) is 0.762. The largest absolute Gasteiger partial charge is 0.379 e. The van der Waals surface area contributed by atoms with E-state index in [1.807, 2.05) is 11.3 Å². The van der Waals surface area contributed by atoms with E-state index in [4.69, 9.17) is 9.73 Å². The van der Waals surface area contributed by atoms with Gasteiger partial charge in [0.2, 0.25) is 0 Å². The summed E-state index contributed by atoms with van der Waals surface area (Å²) in [6.07, 6.45) is 1.19. The first-order valence-corrected chi connectivity index (χ1v) is 11.7. The van der Waals surface area contributed by atoms with Gasteiger partial charge < -0.3 is 15.4 Å². The highest BCUT2D eigenvalue weighted by Gasteiger charge is 2.23. The van der Waals surface area contributed by atoms with Crippen molar-refractivity contribution in [1.82, 2.24) is 20.4 Å². The van der Waals surface area contributed by atoms with Crippen LogP contribution in [-0.2, 0) is 17.7 Å². The van der Waals surface area contributed by atoms with E-state index in [1.54, 1.807) is 4.88 Å². The maximum absolute atomic E-state index is 5.52. The molecule has 2 aliphatic heterocycles. The van der Waals surface area contributed by atoms with Crippen molar-refractivity contribution < 1.29 is 4.74 Å². The first-order chi connectivity index (χ1) is 13.7. The first kappa shape index (κ1) is 21.6. The molecule has 0 saturated carbocycles. The fourth-order valence-corrected chi connectivity index (χ4v) is 4.90. The van der Waals surface area contributed by atoms with Crippen molar-refractivity contribution in [3.8, 4) is 0 Å². The second kappa shape index (κ2) is 11.1. The average molecular weight is 408 g/mol. The van der Waals surface area contributed by atoms with E-state index in [9.17, 15) is 0 Å². The van der Waals surface area contributed by atoms with Crippen LogP contribution in [0.1, 0.15) is 31.2 Å². The van der Waals surface area contributed by atoms with Crippen LogP contribution in [0.3, 0.4) is 0 Å². The summed E-state index contributed by atoms with van der Waals surface area (Å²) in [5, 5.41) is 9.17. The van der Waals surface area contributed by atoms with Gasteiger partial charge in [0.1, 0.15) is 0 Å². The molecule has 6 nitrogen and oxygen atoms in total. The minimum absolute atomic E-state index is 0.471.